The van der Waals surface area contributed by atoms with E-state index < -0.39 is 5.97 Å². The number of benzene rings is 2. The summed E-state index contributed by atoms with van der Waals surface area (Å²) in [4.78, 5) is 16.7. The third-order valence-electron chi connectivity index (χ3n) is 3.52. The van der Waals surface area contributed by atoms with Gasteiger partial charge in [0.05, 0.1) is 11.7 Å². The number of aromatic carboxylic acids is 1. The number of nitrogens with zero attached hydrogens (tertiary/aromatic N) is 1. The third kappa shape index (κ3) is 6.50. The Kier molecular flexibility index (Phi) is 7.68. The molecule has 0 aliphatic heterocycles. The molecule has 2 N–H and O–H groups in total. The van der Waals surface area contributed by atoms with Crippen LogP contribution in [0, 0.1) is 0 Å². The second kappa shape index (κ2) is 10.2. The molecule has 0 heterocycles. The monoisotopic (exact) mass is 387 g/mol. The number of phenolic OH excluding ortho intramolecular Hbond substituents is 1. The van der Waals surface area contributed by atoms with E-state index in [4.69, 9.17) is 14.3 Å². The maximum Gasteiger partial charge on any atom is 0.335 e. The second-order valence-corrected chi connectivity index (χ2v) is 6.38. The van der Waals surface area contributed by atoms with Crippen LogP contribution in [0.5, 0.6) is 17.2 Å². The molecule has 2 aromatic rings. The van der Waals surface area contributed by atoms with Crippen LogP contribution in [0.4, 0.5) is 0 Å². The molecule has 0 saturated heterocycles. The van der Waals surface area contributed by atoms with E-state index in [1.54, 1.807) is 30.3 Å². The van der Waals surface area contributed by atoms with Crippen molar-refractivity contribution in [1.82, 2.24) is 0 Å². The van der Waals surface area contributed by atoms with Crippen LogP contribution >= 0.6 is 0 Å². The number of phenols is 1. The maximum absolute atomic E-state index is 11.4. The molecule has 7 nitrogen and oxygen atoms in total. The lowest BCUT2D eigenvalue weighted by Gasteiger charge is -2.14. The fourth-order valence-electron chi connectivity index (χ4n) is 2.33. The van der Waals surface area contributed by atoms with Crippen LogP contribution in [0.3, 0.4) is 0 Å². The fraction of sp³-hybridized carbons (Fsp3) is 0.333. The molecule has 7 heteroatoms. The van der Waals surface area contributed by atoms with Crippen molar-refractivity contribution >= 4 is 11.7 Å². The molecular formula is C21H25NO6. The van der Waals surface area contributed by atoms with Crippen LogP contribution in [0.2, 0.25) is 0 Å². The van der Waals surface area contributed by atoms with Crippen LogP contribution in [0.25, 0.3) is 0 Å². The molecule has 2 aromatic carbocycles. The molecule has 0 saturated carbocycles. The van der Waals surface area contributed by atoms with Gasteiger partial charge in [-0.2, -0.15) is 0 Å². The average Bonchev–Trinajstić information content (AvgIpc) is 2.63. The molecule has 0 bridgehead atoms. The average molecular weight is 387 g/mol. The molecule has 0 radical (unpaired) electrons. The Morgan fingerprint density at radius 2 is 1.86 bits per heavy atom. The van der Waals surface area contributed by atoms with Gasteiger partial charge in [0.2, 0.25) is 0 Å². The molecule has 0 aromatic heterocycles. The maximum atomic E-state index is 11.4. The van der Waals surface area contributed by atoms with Gasteiger partial charge >= 0.3 is 5.97 Å². The Labute approximate surface area is 164 Å². The first-order valence-corrected chi connectivity index (χ1v) is 9.05. The van der Waals surface area contributed by atoms with Gasteiger partial charge in [-0.1, -0.05) is 24.2 Å². The molecule has 150 valence electrons. The number of aromatic hydroxyl groups is 1. The number of hydrogen-bond donors (Lipinski definition) is 2. The van der Waals surface area contributed by atoms with Crippen molar-refractivity contribution in [3.63, 3.8) is 0 Å². The van der Waals surface area contributed by atoms with Gasteiger partial charge in [-0.05, 0) is 44.5 Å². The Bertz CT molecular complexity index is 831. The molecule has 0 unspecified atom stereocenters. The summed E-state index contributed by atoms with van der Waals surface area (Å²) in [5.74, 6) is -0.240. The van der Waals surface area contributed by atoms with Crippen molar-refractivity contribution in [3.8, 4) is 17.2 Å². The number of carboxylic acids is 1. The van der Waals surface area contributed by atoms with E-state index in [0.717, 1.165) is 6.42 Å². The van der Waals surface area contributed by atoms with Crippen molar-refractivity contribution in [2.45, 2.75) is 33.3 Å². The number of hydrogen-bond acceptors (Lipinski definition) is 6. The minimum absolute atomic E-state index is 0.0252. The molecule has 0 spiro atoms. The van der Waals surface area contributed by atoms with Gasteiger partial charge in [0, 0.05) is 11.6 Å². The lowest BCUT2D eigenvalue weighted by atomic mass is 10.1. The van der Waals surface area contributed by atoms with E-state index in [2.05, 4.69) is 5.16 Å². The summed E-state index contributed by atoms with van der Waals surface area (Å²) >= 11 is 0. The lowest BCUT2D eigenvalue weighted by molar-refractivity contribution is 0.0695. The van der Waals surface area contributed by atoms with E-state index in [9.17, 15) is 15.0 Å². The first-order chi connectivity index (χ1) is 13.4. The highest BCUT2D eigenvalue weighted by Crippen LogP contribution is 2.24. The number of carboxylic acid groups (broad SMARTS) is 1. The SMILES string of the molecule is CCCO/N=C(\COc1cc(OC(C)C)cc(C(=O)O)c1)c1cccc(O)c1. The lowest BCUT2D eigenvalue weighted by Crippen LogP contribution is -2.14. The summed E-state index contributed by atoms with van der Waals surface area (Å²) in [7, 11) is 0. The quantitative estimate of drug-likeness (QED) is 0.362. The summed E-state index contributed by atoms with van der Waals surface area (Å²) in [6.07, 6.45) is 0.692. The fourth-order valence-corrected chi connectivity index (χ4v) is 2.33. The van der Waals surface area contributed by atoms with Gasteiger partial charge in [0.25, 0.3) is 0 Å². The first-order valence-electron chi connectivity index (χ1n) is 9.05. The third-order valence-corrected chi connectivity index (χ3v) is 3.52. The van der Waals surface area contributed by atoms with E-state index in [0.29, 0.717) is 29.4 Å². The van der Waals surface area contributed by atoms with E-state index in [1.807, 2.05) is 20.8 Å². The van der Waals surface area contributed by atoms with Gasteiger partial charge in [0.1, 0.15) is 36.2 Å². The highest BCUT2D eigenvalue weighted by atomic mass is 16.6. The van der Waals surface area contributed by atoms with Crippen molar-refractivity contribution in [2.75, 3.05) is 13.2 Å². The summed E-state index contributed by atoms with van der Waals surface area (Å²) in [6, 6.07) is 11.1. The minimum atomic E-state index is -1.08. The zero-order valence-corrected chi connectivity index (χ0v) is 16.2. The number of carbonyl (C=O) groups is 1. The Morgan fingerprint density at radius 1 is 1.11 bits per heavy atom. The van der Waals surface area contributed by atoms with E-state index >= 15 is 0 Å². The van der Waals surface area contributed by atoms with Crippen LogP contribution < -0.4 is 9.47 Å². The first kappa shape index (κ1) is 21.1. The molecule has 0 amide bonds. The van der Waals surface area contributed by atoms with Gasteiger partial charge in [-0.3, -0.25) is 0 Å². The summed E-state index contributed by atoms with van der Waals surface area (Å²) in [5, 5.41) is 23.1. The van der Waals surface area contributed by atoms with Gasteiger partial charge in [-0.25, -0.2) is 4.79 Å². The highest BCUT2D eigenvalue weighted by molar-refractivity contribution is 6.01. The normalized spacial score (nSPS) is 11.4. The second-order valence-electron chi connectivity index (χ2n) is 6.38. The summed E-state index contributed by atoms with van der Waals surface area (Å²) in [5.41, 5.74) is 1.17. The van der Waals surface area contributed by atoms with Crippen molar-refractivity contribution in [3.05, 3.63) is 53.6 Å². The van der Waals surface area contributed by atoms with E-state index in [-0.39, 0.29) is 24.0 Å². The largest absolute Gasteiger partial charge is 0.508 e. The predicted octanol–water partition coefficient (Wildman–Crippen LogP) is 4.09. The van der Waals surface area contributed by atoms with Crippen LogP contribution in [0.1, 0.15) is 43.1 Å². The Hall–Kier alpha value is -3.22. The number of rotatable bonds is 10. The Balaban J connectivity index is 2.24. The molecule has 28 heavy (non-hydrogen) atoms. The van der Waals surface area contributed by atoms with Crippen molar-refractivity contribution < 1.29 is 29.3 Å². The van der Waals surface area contributed by atoms with Crippen LogP contribution in [-0.4, -0.2) is 41.2 Å². The molecule has 2 rings (SSSR count). The summed E-state index contributed by atoms with van der Waals surface area (Å²) < 4.78 is 11.4. The zero-order valence-electron chi connectivity index (χ0n) is 16.2. The van der Waals surface area contributed by atoms with Crippen LogP contribution in [-0.2, 0) is 4.84 Å². The summed E-state index contributed by atoms with van der Waals surface area (Å²) in [6.45, 7) is 6.14. The zero-order chi connectivity index (χ0) is 20.5. The van der Waals surface area contributed by atoms with Crippen molar-refractivity contribution in [1.29, 1.82) is 0 Å². The molecule has 0 atom stereocenters. The number of oxime groups is 1. The van der Waals surface area contributed by atoms with Gasteiger partial charge in [-0.15, -0.1) is 0 Å². The molecule has 0 fully saturated rings. The smallest absolute Gasteiger partial charge is 0.335 e. The molecule has 0 aliphatic carbocycles. The van der Waals surface area contributed by atoms with Crippen LogP contribution in [0.15, 0.2) is 47.6 Å². The Morgan fingerprint density at radius 3 is 2.50 bits per heavy atom. The van der Waals surface area contributed by atoms with Gasteiger partial charge in [0.15, 0.2) is 0 Å². The topological polar surface area (TPSA) is 97.6 Å². The standard InChI is InChI=1S/C21H25NO6/c1-4-8-27-22-20(15-6-5-7-17(23)9-15)13-26-18-10-16(21(24)25)11-19(12-18)28-14(2)3/h5-7,9-12,14,23H,4,8,13H2,1-3H3,(H,24,25)/b22-20+. The van der Waals surface area contributed by atoms with E-state index in [1.165, 1.54) is 12.1 Å². The van der Waals surface area contributed by atoms with Crippen molar-refractivity contribution in [2.24, 2.45) is 5.16 Å². The number of ether oxygens (including phenoxy) is 2. The minimum Gasteiger partial charge on any atom is -0.508 e. The predicted molar refractivity (Wildman–Crippen MR) is 106 cm³/mol. The highest BCUT2D eigenvalue weighted by Gasteiger charge is 2.12. The molecule has 0 aliphatic rings. The van der Waals surface area contributed by atoms with Gasteiger partial charge < -0.3 is 24.5 Å². The molecular weight excluding hydrogens is 362 g/mol.